The molecule has 0 unspecified atom stereocenters. The molecule has 0 bridgehead atoms. The summed E-state index contributed by atoms with van der Waals surface area (Å²) >= 11 is 0. The number of aryl methyl sites for hydroxylation is 1. The number of carbonyl (C=O) groups excluding carboxylic acids is 2. The number of aliphatic hydroxyl groups is 1. The first-order valence-electron chi connectivity index (χ1n) is 13.2. The van der Waals surface area contributed by atoms with Crippen molar-refractivity contribution in [2.75, 3.05) is 13.7 Å². The molecule has 1 N–H and O–H groups in total. The number of esters is 1. The van der Waals surface area contributed by atoms with Crippen molar-refractivity contribution in [1.29, 1.82) is 0 Å². The summed E-state index contributed by atoms with van der Waals surface area (Å²) in [5, 5.41) is 10.6. The van der Waals surface area contributed by atoms with E-state index in [0.717, 1.165) is 44.9 Å². The number of unbranched alkanes of at least 4 members (excludes halogenated alkanes) is 5. The molecule has 35 heavy (non-hydrogen) atoms. The summed E-state index contributed by atoms with van der Waals surface area (Å²) in [4.78, 5) is 24.7. The predicted octanol–water partition coefficient (Wildman–Crippen LogP) is 5.93. The summed E-state index contributed by atoms with van der Waals surface area (Å²) in [7, 11) is 1.35. The number of hydrogen-bond donors (Lipinski definition) is 1. The lowest BCUT2D eigenvalue weighted by Gasteiger charge is -2.26. The van der Waals surface area contributed by atoms with Crippen molar-refractivity contribution in [3.8, 4) is 0 Å². The van der Waals surface area contributed by atoms with Crippen LogP contribution in [0, 0.1) is 5.92 Å². The largest absolute Gasteiger partial charge is 0.469 e. The maximum absolute atomic E-state index is 14.1. The lowest BCUT2D eigenvalue weighted by atomic mass is 9.92. The third kappa shape index (κ3) is 10.2. The zero-order valence-electron chi connectivity index (χ0n) is 21.4. The number of nitrogens with zero attached hydrogens (tertiary/aromatic N) is 1. The highest BCUT2D eigenvalue weighted by atomic mass is 19.3. The predicted molar refractivity (Wildman–Crippen MR) is 133 cm³/mol. The second kappa shape index (κ2) is 15.2. The third-order valence-electron chi connectivity index (χ3n) is 7.18. The number of halogens is 2. The summed E-state index contributed by atoms with van der Waals surface area (Å²) in [6.07, 6.45) is 8.25. The highest BCUT2D eigenvalue weighted by Gasteiger charge is 2.52. The van der Waals surface area contributed by atoms with Crippen LogP contribution in [0.1, 0.15) is 89.5 Å². The number of amides is 1. The van der Waals surface area contributed by atoms with E-state index in [4.69, 9.17) is 0 Å². The molecule has 2 rings (SSSR count). The molecule has 7 heteroatoms. The molecule has 1 aromatic rings. The Morgan fingerprint density at radius 3 is 2.49 bits per heavy atom. The van der Waals surface area contributed by atoms with Crippen LogP contribution in [0.25, 0.3) is 0 Å². The second-order valence-corrected chi connectivity index (χ2v) is 10.0. The van der Waals surface area contributed by atoms with Gasteiger partial charge in [-0.2, -0.15) is 8.78 Å². The highest BCUT2D eigenvalue weighted by Crippen LogP contribution is 2.36. The van der Waals surface area contributed by atoms with Gasteiger partial charge in [-0.05, 0) is 56.4 Å². The van der Waals surface area contributed by atoms with Crippen LogP contribution < -0.4 is 0 Å². The molecule has 0 radical (unpaired) electrons. The summed E-state index contributed by atoms with van der Waals surface area (Å²) in [5.74, 6) is -4.55. The van der Waals surface area contributed by atoms with Gasteiger partial charge in [0, 0.05) is 25.4 Å². The molecule has 1 aromatic carbocycles. The van der Waals surface area contributed by atoms with Crippen LogP contribution in [0.5, 0.6) is 0 Å². The van der Waals surface area contributed by atoms with Crippen molar-refractivity contribution in [3.05, 3.63) is 35.9 Å². The Bertz CT molecular complexity index is 759. The van der Waals surface area contributed by atoms with Crippen LogP contribution in [-0.4, -0.2) is 53.6 Å². The average Bonchev–Trinajstić information content (AvgIpc) is 3.07. The van der Waals surface area contributed by atoms with Crippen LogP contribution in [0.2, 0.25) is 0 Å². The highest BCUT2D eigenvalue weighted by molar-refractivity contribution is 5.86. The van der Waals surface area contributed by atoms with Crippen LogP contribution in [-0.2, 0) is 20.7 Å². The number of benzene rings is 1. The number of likely N-dealkylation sites (tertiary alicyclic amines) is 1. The van der Waals surface area contributed by atoms with Gasteiger partial charge in [0.05, 0.1) is 13.2 Å². The fourth-order valence-corrected chi connectivity index (χ4v) is 4.88. The molecule has 3 atom stereocenters. The molecular formula is C28H43F2NO4. The molecule has 0 saturated carbocycles. The lowest BCUT2D eigenvalue weighted by Crippen LogP contribution is -2.37. The Morgan fingerprint density at radius 1 is 1.09 bits per heavy atom. The summed E-state index contributed by atoms with van der Waals surface area (Å²) in [6.45, 7) is 2.31. The van der Waals surface area contributed by atoms with Gasteiger partial charge in [-0.3, -0.25) is 9.59 Å². The van der Waals surface area contributed by atoms with E-state index < -0.39 is 30.4 Å². The van der Waals surface area contributed by atoms with E-state index >= 15 is 0 Å². The van der Waals surface area contributed by atoms with Crippen LogP contribution in [0.3, 0.4) is 0 Å². The molecule has 1 saturated heterocycles. The van der Waals surface area contributed by atoms with Gasteiger partial charge in [0.1, 0.15) is 0 Å². The maximum atomic E-state index is 14.1. The molecule has 0 spiro atoms. The Balaban J connectivity index is 1.67. The van der Waals surface area contributed by atoms with Crippen molar-refractivity contribution < 1.29 is 28.2 Å². The summed E-state index contributed by atoms with van der Waals surface area (Å²) < 4.78 is 32.9. The average molecular weight is 496 g/mol. The minimum Gasteiger partial charge on any atom is -0.469 e. The van der Waals surface area contributed by atoms with Gasteiger partial charge < -0.3 is 14.7 Å². The van der Waals surface area contributed by atoms with Crippen LogP contribution in [0.4, 0.5) is 8.78 Å². The smallest absolute Gasteiger partial charge is 0.326 e. The number of ether oxygens (including phenoxy) is 1. The van der Waals surface area contributed by atoms with Crippen molar-refractivity contribution in [2.24, 2.45) is 5.92 Å². The topological polar surface area (TPSA) is 66.8 Å². The quantitative estimate of drug-likeness (QED) is 0.215. The zero-order chi connectivity index (χ0) is 25.7. The van der Waals surface area contributed by atoms with Gasteiger partial charge in [0.2, 0.25) is 0 Å². The molecule has 1 heterocycles. The van der Waals surface area contributed by atoms with Crippen LogP contribution >= 0.6 is 0 Å². The molecule has 1 aliphatic rings. The van der Waals surface area contributed by atoms with E-state index in [2.05, 4.69) is 29.0 Å². The van der Waals surface area contributed by atoms with E-state index in [1.807, 2.05) is 13.0 Å². The SMILES string of the molecule is COC(=O)CCCCCCN1C(=O)C(F)(F)C[C@@H]1CC[C@@H](O)[C@@H](C)CCCCCc1ccccc1. The number of methoxy groups -OCH3 is 1. The minimum atomic E-state index is -3.31. The first kappa shape index (κ1) is 29.2. The molecular weight excluding hydrogens is 452 g/mol. The second-order valence-electron chi connectivity index (χ2n) is 10.0. The molecule has 0 aromatic heterocycles. The van der Waals surface area contributed by atoms with Crippen molar-refractivity contribution >= 4 is 11.9 Å². The Hall–Kier alpha value is -2.02. The fraction of sp³-hybridized carbons (Fsp3) is 0.714. The Labute approximate surface area is 209 Å². The Kier molecular flexibility index (Phi) is 12.7. The normalized spacial score (nSPS) is 19.1. The van der Waals surface area contributed by atoms with E-state index in [1.165, 1.54) is 17.6 Å². The van der Waals surface area contributed by atoms with Gasteiger partial charge in [0.25, 0.3) is 5.91 Å². The summed E-state index contributed by atoms with van der Waals surface area (Å²) in [6, 6.07) is 9.87. The van der Waals surface area contributed by atoms with Gasteiger partial charge in [0.15, 0.2) is 0 Å². The third-order valence-corrected chi connectivity index (χ3v) is 7.18. The van der Waals surface area contributed by atoms with Crippen molar-refractivity contribution in [1.82, 2.24) is 4.90 Å². The first-order chi connectivity index (χ1) is 16.7. The van der Waals surface area contributed by atoms with Gasteiger partial charge >= 0.3 is 11.9 Å². The Morgan fingerprint density at radius 2 is 1.77 bits per heavy atom. The zero-order valence-corrected chi connectivity index (χ0v) is 21.4. The number of aliphatic hydroxyl groups excluding tert-OH is 1. The molecule has 5 nitrogen and oxygen atoms in total. The molecule has 1 aliphatic heterocycles. The monoisotopic (exact) mass is 495 g/mol. The van der Waals surface area contributed by atoms with E-state index in [9.17, 15) is 23.5 Å². The van der Waals surface area contributed by atoms with E-state index in [0.29, 0.717) is 38.6 Å². The standard InChI is InChI=1S/C28H43F2NO4/c1-22(13-7-5-8-14-23-15-9-6-10-16-23)25(32)19-18-24-21-28(29,30)27(34)31(24)20-12-4-3-11-17-26(33)35-2/h6,9-10,15-16,22,24-25,32H,3-5,7-8,11-14,17-21H2,1-2H3/t22-,24-,25+/m0/s1. The van der Waals surface area contributed by atoms with E-state index in [1.54, 1.807) is 0 Å². The maximum Gasteiger partial charge on any atom is 0.326 e. The molecule has 198 valence electrons. The lowest BCUT2D eigenvalue weighted by molar-refractivity contribution is -0.148. The minimum absolute atomic E-state index is 0.104. The number of alkyl halides is 2. The van der Waals surface area contributed by atoms with Gasteiger partial charge in [-0.1, -0.05) is 62.9 Å². The van der Waals surface area contributed by atoms with Crippen molar-refractivity contribution in [2.45, 2.75) is 108 Å². The number of rotatable bonds is 17. The molecule has 1 amide bonds. The van der Waals surface area contributed by atoms with Crippen LogP contribution in [0.15, 0.2) is 30.3 Å². The molecule has 1 fully saturated rings. The summed E-state index contributed by atoms with van der Waals surface area (Å²) in [5.41, 5.74) is 1.34. The van der Waals surface area contributed by atoms with Gasteiger partial charge in [-0.25, -0.2) is 0 Å². The fourth-order valence-electron chi connectivity index (χ4n) is 4.88. The number of hydrogen-bond acceptors (Lipinski definition) is 4. The first-order valence-corrected chi connectivity index (χ1v) is 13.2. The van der Waals surface area contributed by atoms with Crippen molar-refractivity contribution in [3.63, 3.8) is 0 Å². The van der Waals surface area contributed by atoms with E-state index in [-0.39, 0.29) is 11.9 Å². The molecule has 0 aliphatic carbocycles. The van der Waals surface area contributed by atoms with Gasteiger partial charge in [-0.15, -0.1) is 0 Å². The number of carbonyl (C=O) groups is 2.